The lowest BCUT2D eigenvalue weighted by Gasteiger charge is -2.27. The second-order valence-electron chi connectivity index (χ2n) is 8.78. The summed E-state index contributed by atoms with van der Waals surface area (Å²) in [4.78, 5) is 29.4. The number of thiocarbonyl (C=S) groups is 1. The van der Waals surface area contributed by atoms with Gasteiger partial charge in [0, 0.05) is 19.6 Å². The van der Waals surface area contributed by atoms with Gasteiger partial charge in [0.2, 0.25) is 11.8 Å². The number of likely N-dealkylation sites (tertiary alicyclic amines) is 2. The lowest BCUT2D eigenvalue weighted by molar-refractivity contribution is -0.140. The first kappa shape index (κ1) is 24.0. The van der Waals surface area contributed by atoms with Crippen molar-refractivity contribution < 1.29 is 14.3 Å². The van der Waals surface area contributed by atoms with E-state index in [4.69, 9.17) is 17.0 Å². The Balaban J connectivity index is 1.42. The molecule has 1 unspecified atom stereocenters. The molecule has 0 bridgehead atoms. The van der Waals surface area contributed by atoms with E-state index in [1.807, 2.05) is 53.4 Å². The summed E-state index contributed by atoms with van der Waals surface area (Å²) in [5.74, 6) is 0.628. The molecule has 2 heterocycles. The quantitative estimate of drug-likeness (QED) is 0.615. The number of nitrogens with one attached hydrogen (secondary N) is 2. The highest BCUT2D eigenvalue weighted by Crippen LogP contribution is 2.30. The van der Waals surface area contributed by atoms with Gasteiger partial charge in [-0.05, 0) is 67.6 Å². The Bertz CT molecular complexity index is 1020. The van der Waals surface area contributed by atoms with Gasteiger partial charge in [-0.15, -0.1) is 0 Å². The number of benzene rings is 2. The molecule has 0 radical (unpaired) electrons. The maximum atomic E-state index is 13.2. The highest BCUT2D eigenvalue weighted by molar-refractivity contribution is 7.80. The highest BCUT2D eigenvalue weighted by Gasteiger charge is 2.30. The topological polar surface area (TPSA) is 73.9 Å². The van der Waals surface area contributed by atoms with Gasteiger partial charge in [-0.25, -0.2) is 0 Å². The second kappa shape index (κ2) is 11.3. The largest absolute Gasteiger partial charge is 0.495 e. The molecule has 2 aliphatic rings. The van der Waals surface area contributed by atoms with E-state index in [0.29, 0.717) is 23.8 Å². The summed E-state index contributed by atoms with van der Waals surface area (Å²) in [7, 11) is 1.61. The first-order valence-corrected chi connectivity index (χ1v) is 12.3. The molecule has 34 heavy (non-hydrogen) atoms. The minimum absolute atomic E-state index is 0.0367. The van der Waals surface area contributed by atoms with Crippen LogP contribution in [0.2, 0.25) is 0 Å². The molecule has 1 atom stereocenters. The Hall–Kier alpha value is -3.13. The van der Waals surface area contributed by atoms with E-state index >= 15 is 0 Å². The van der Waals surface area contributed by atoms with Gasteiger partial charge in [-0.1, -0.05) is 36.4 Å². The predicted molar refractivity (Wildman–Crippen MR) is 138 cm³/mol. The fourth-order valence-electron chi connectivity index (χ4n) is 4.56. The van der Waals surface area contributed by atoms with Crippen LogP contribution in [0.3, 0.4) is 0 Å². The zero-order valence-corrected chi connectivity index (χ0v) is 20.4. The molecule has 4 rings (SSSR count). The molecule has 180 valence electrons. The van der Waals surface area contributed by atoms with Gasteiger partial charge in [-0.3, -0.25) is 9.59 Å². The second-order valence-corrected chi connectivity index (χ2v) is 9.18. The molecule has 7 nitrogen and oxygen atoms in total. The van der Waals surface area contributed by atoms with Crippen LogP contribution in [0.25, 0.3) is 11.1 Å². The lowest BCUT2D eigenvalue weighted by Crippen LogP contribution is -2.51. The van der Waals surface area contributed by atoms with Crippen molar-refractivity contribution in [1.29, 1.82) is 0 Å². The number of methoxy groups -OCH3 is 1. The summed E-state index contributed by atoms with van der Waals surface area (Å²) in [6.45, 7) is 2.33. The third-order valence-electron chi connectivity index (χ3n) is 6.43. The number of ether oxygens (including phenoxy) is 1. The maximum Gasteiger partial charge on any atom is 0.245 e. The van der Waals surface area contributed by atoms with Crippen LogP contribution in [0.15, 0.2) is 48.5 Å². The van der Waals surface area contributed by atoms with Gasteiger partial charge in [-0.2, -0.15) is 0 Å². The number of carbonyl (C=O) groups is 2. The first-order chi connectivity index (χ1) is 16.5. The van der Waals surface area contributed by atoms with Crippen molar-refractivity contribution in [3.63, 3.8) is 0 Å². The molecule has 2 N–H and O–H groups in total. The van der Waals surface area contributed by atoms with Gasteiger partial charge in [0.15, 0.2) is 5.11 Å². The van der Waals surface area contributed by atoms with Crippen LogP contribution >= 0.6 is 12.2 Å². The van der Waals surface area contributed by atoms with Crippen LogP contribution in [0, 0.1) is 0 Å². The summed E-state index contributed by atoms with van der Waals surface area (Å²) in [6.07, 6.45) is 4.53. The first-order valence-electron chi connectivity index (χ1n) is 11.9. The smallest absolute Gasteiger partial charge is 0.245 e. The number of anilines is 1. The number of hydrogen-bond acceptors (Lipinski definition) is 4. The van der Waals surface area contributed by atoms with Gasteiger partial charge in [0.1, 0.15) is 11.8 Å². The molecule has 0 spiro atoms. The average Bonchev–Trinajstić information content (AvgIpc) is 3.35. The van der Waals surface area contributed by atoms with Crippen LogP contribution in [-0.2, 0) is 9.59 Å². The Morgan fingerprint density at radius 1 is 1.03 bits per heavy atom. The van der Waals surface area contributed by atoms with E-state index in [1.54, 1.807) is 12.0 Å². The summed E-state index contributed by atoms with van der Waals surface area (Å²) in [6, 6.07) is 15.5. The van der Waals surface area contributed by atoms with Crippen LogP contribution in [0.1, 0.15) is 32.1 Å². The van der Waals surface area contributed by atoms with Crippen LogP contribution in [-0.4, -0.2) is 66.1 Å². The van der Waals surface area contributed by atoms with E-state index in [0.717, 1.165) is 55.6 Å². The molecule has 0 aliphatic carbocycles. The summed E-state index contributed by atoms with van der Waals surface area (Å²) < 4.78 is 5.51. The molecule has 2 aromatic carbocycles. The number of nitrogens with zero attached hydrogens (tertiary/aromatic N) is 2. The van der Waals surface area contributed by atoms with Crippen molar-refractivity contribution >= 4 is 34.8 Å². The van der Waals surface area contributed by atoms with E-state index in [1.165, 1.54) is 0 Å². The number of carbonyl (C=O) groups excluding carboxylic acids is 2. The van der Waals surface area contributed by atoms with Crippen molar-refractivity contribution in [2.45, 2.75) is 38.1 Å². The fraction of sp³-hybridized carbons (Fsp3) is 0.423. The minimum atomic E-state index is -0.461. The van der Waals surface area contributed by atoms with E-state index in [2.05, 4.69) is 10.6 Å². The molecule has 2 aliphatic heterocycles. The van der Waals surface area contributed by atoms with Crippen molar-refractivity contribution in [1.82, 2.24) is 15.1 Å². The lowest BCUT2D eigenvalue weighted by atomic mass is 10.0. The van der Waals surface area contributed by atoms with Crippen molar-refractivity contribution in [3.8, 4) is 16.9 Å². The summed E-state index contributed by atoms with van der Waals surface area (Å²) in [5, 5.41) is 6.75. The third kappa shape index (κ3) is 5.86. The van der Waals surface area contributed by atoms with Gasteiger partial charge in [0.25, 0.3) is 0 Å². The van der Waals surface area contributed by atoms with Gasteiger partial charge >= 0.3 is 0 Å². The zero-order valence-electron chi connectivity index (χ0n) is 19.6. The predicted octanol–water partition coefficient (Wildman–Crippen LogP) is 3.65. The standard InChI is InChI=1S/C26H32N4O3S/c1-33-23-13-12-20(19-9-3-2-4-10-19)17-22(23)28-26(34)27-21-11-5-6-16-30(25(21)32)18-24(31)29-14-7-8-15-29/h2-4,9-10,12-13,17,21H,5-8,11,14-16,18H2,1H3,(H2,27,28,34). The normalized spacial score (nSPS) is 18.4. The van der Waals surface area contributed by atoms with E-state index < -0.39 is 6.04 Å². The highest BCUT2D eigenvalue weighted by atomic mass is 32.1. The molecule has 0 aromatic heterocycles. The molecule has 2 aromatic rings. The monoisotopic (exact) mass is 480 g/mol. The van der Waals surface area contributed by atoms with E-state index in [-0.39, 0.29) is 18.4 Å². The average molecular weight is 481 g/mol. The number of rotatable bonds is 6. The van der Waals surface area contributed by atoms with E-state index in [9.17, 15) is 9.59 Å². The maximum absolute atomic E-state index is 13.2. The van der Waals surface area contributed by atoms with Gasteiger partial charge in [0.05, 0.1) is 19.3 Å². The zero-order chi connectivity index (χ0) is 23.9. The molecule has 8 heteroatoms. The van der Waals surface area contributed by atoms with Crippen LogP contribution in [0.5, 0.6) is 5.75 Å². The molecule has 2 saturated heterocycles. The van der Waals surface area contributed by atoms with Crippen molar-refractivity contribution in [2.75, 3.05) is 38.6 Å². The van der Waals surface area contributed by atoms with Crippen molar-refractivity contribution in [2.24, 2.45) is 0 Å². The number of amides is 2. The van der Waals surface area contributed by atoms with Crippen LogP contribution in [0.4, 0.5) is 5.69 Å². The summed E-state index contributed by atoms with van der Waals surface area (Å²) in [5.41, 5.74) is 2.84. The molecular weight excluding hydrogens is 448 g/mol. The molecule has 2 fully saturated rings. The number of hydrogen-bond donors (Lipinski definition) is 2. The Morgan fingerprint density at radius 2 is 1.76 bits per heavy atom. The molecule has 0 saturated carbocycles. The Morgan fingerprint density at radius 3 is 2.50 bits per heavy atom. The molecular formula is C26H32N4O3S. The summed E-state index contributed by atoms with van der Waals surface area (Å²) >= 11 is 5.57. The fourth-order valence-corrected chi connectivity index (χ4v) is 4.81. The SMILES string of the molecule is COc1ccc(-c2ccccc2)cc1NC(=S)NC1CCCCN(CC(=O)N2CCCC2)C1=O. The van der Waals surface area contributed by atoms with Crippen LogP contribution < -0.4 is 15.4 Å². The molecule has 2 amide bonds. The third-order valence-corrected chi connectivity index (χ3v) is 6.65. The minimum Gasteiger partial charge on any atom is -0.495 e. The Kier molecular flexibility index (Phi) is 8.00. The van der Waals surface area contributed by atoms with Crippen molar-refractivity contribution in [3.05, 3.63) is 48.5 Å². The Labute approximate surface area is 206 Å². The van der Waals surface area contributed by atoms with Gasteiger partial charge < -0.3 is 25.2 Å².